The zero-order chi connectivity index (χ0) is 26.2. The second kappa shape index (κ2) is 10.6. The van der Waals surface area contributed by atoms with Gasteiger partial charge in [-0.3, -0.25) is 14.7 Å². The number of carbonyl (C=O) groups excluding carboxylic acids is 1. The molecule has 0 fully saturated rings. The summed E-state index contributed by atoms with van der Waals surface area (Å²) in [6.07, 6.45) is 0. The normalized spacial score (nSPS) is 17.8. The monoisotopic (exact) mass is 562 g/mol. The van der Waals surface area contributed by atoms with Gasteiger partial charge >= 0.3 is 5.37 Å². The van der Waals surface area contributed by atoms with E-state index in [-0.39, 0.29) is 5.41 Å². The third-order valence-corrected chi connectivity index (χ3v) is 7.10. The van der Waals surface area contributed by atoms with Crippen molar-refractivity contribution in [1.82, 2.24) is 4.90 Å². The van der Waals surface area contributed by atoms with Crippen LogP contribution in [-0.2, 0) is 5.41 Å². The van der Waals surface area contributed by atoms with Crippen LogP contribution in [0.5, 0.6) is 5.75 Å². The maximum absolute atomic E-state index is 13.0. The fourth-order valence-electron chi connectivity index (χ4n) is 4.42. The van der Waals surface area contributed by atoms with Gasteiger partial charge in [0.2, 0.25) is 0 Å². The highest BCUT2D eigenvalue weighted by atomic mass is 35.5. The van der Waals surface area contributed by atoms with Crippen LogP contribution < -0.4 is 4.74 Å². The standard InChI is InChI=1S/C28H26Cl4N2O2/c1-5-36-23-15-21(28(2,3)4)22(31)14-20(23)26-33-24(16-6-10-18(29)11-7-16)25(34(26)27(32)35)17-8-12-19(30)13-9-17/h6-15,24-25H,5H2,1-4H3. The first-order valence-electron chi connectivity index (χ1n) is 11.6. The Morgan fingerprint density at radius 3 is 2.00 bits per heavy atom. The number of amides is 1. The molecule has 0 saturated carbocycles. The molecule has 188 valence electrons. The van der Waals surface area contributed by atoms with Gasteiger partial charge in [-0.2, -0.15) is 0 Å². The van der Waals surface area contributed by atoms with Crippen LogP contribution in [0.2, 0.25) is 15.1 Å². The number of amidine groups is 1. The first kappa shape index (κ1) is 26.8. The highest BCUT2D eigenvalue weighted by Crippen LogP contribution is 2.46. The summed E-state index contributed by atoms with van der Waals surface area (Å²) in [6, 6.07) is 17.5. The Bertz CT molecular complexity index is 1300. The van der Waals surface area contributed by atoms with Gasteiger partial charge in [-0.25, -0.2) is 0 Å². The molecule has 3 aromatic rings. The van der Waals surface area contributed by atoms with Crippen LogP contribution in [0.15, 0.2) is 65.7 Å². The third-order valence-electron chi connectivity index (χ3n) is 6.10. The summed E-state index contributed by atoms with van der Waals surface area (Å²) in [6.45, 7) is 8.58. The van der Waals surface area contributed by atoms with Crippen molar-refractivity contribution in [2.45, 2.75) is 45.2 Å². The van der Waals surface area contributed by atoms with Gasteiger partial charge in [0.25, 0.3) is 0 Å². The van der Waals surface area contributed by atoms with E-state index in [1.165, 1.54) is 4.90 Å². The van der Waals surface area contributed by atoms with Crippen molar-refractivity contribution >= 4 is 57.6 Å². The van der Waals surface area contributed by atoms with E-state index in [4.69, 9.17) is 56.1 Å². The van der Waals surface area contributed by atoms with Crippen molar-refractivity contribution < 1.29 is 9.53 Å². The van der Waals surface area contributed by atoms with Crippen LogP contribution in [0.4, 0.5) is 4.79 Å². The Balaban J connectivity index is 1.95. The molecule has 0 N–H and O–H groups in total. The summed E-state index contributed by atoms with van der Waals surface area (Å²) in [5.41, 5.74) is 3.04. The smallest absolute Gasteiger partial charge is 0.322 e. The number of hydrogen-bond donors (Lipinski definition) is 0. The molecule has 0 radical (unpaired) electrons. The molecule has 4 rings (SSSR count). The van der Waals surface area contributed by atoms with E-state index in [0.717, 1.165) is 16.7 Å². The number of nitrogens with zero attached hydrogens (tertiary/aromatic N) is 2. The molecule has 36 heavy (non-hydrogen) atoms. The van der Waals surface area contributed by atoms with Gasteiger partial charge in [-0.15, -0.1) is 0 Å². The van der Waals surface area contributed by atoms with Crippen molar-refractivity contribution in [3.8, 4) is 5.75 Å². The lowest BCUT2D eigenvalue weighted by Gasteiger charge is -2.29. The number of aliphatic imine (C=N–C) groups is 1. The number of rotatable bonds is 5. The van der Waals surface area contributed by atoms with Gasteiger partial charge in [0.15, 0.2) is 0 Å². The van der Waals surface area contributed by atoms with Gasteiger partial charge in [-0.05, 0) is 77.0 Å². The maximum atomic E-state index is 13.0. The minimum Gasteiger partial charge on any atom is -0.493 e. The van der Waals surface area contributed by atoms with Crippen LogP contribution in [0.25, 0.3) is 0 Å². The average molecular weight is 564 g/mol. The van der Waals surface area contributed by atoms with E-state index < -0.39 is 17.5 Å². The van der Waals surface area contributed by atoms with E-state index >= 15 is 0 Å². The van der Waals surface area contributed by atoms with Crippen LogP contribution in [0.1, 0.15) is 62.0 Å². The number of hydrogen-bond acceptors (Lipinski definition) is 3. The Labute approximate surface area is 231 Å². The molecular formula is C28H26Cl4N2O2. The highest BCUT2D eigenvalue weighted by molar-refractivity contribution is 6.64. The molecule has 4 nitrogen and oxygen atoms in total. The Kier molecular flexibility index (Phi) is 7.92. The lowest BCUT2D eigenvalue weighted by Crippen LogP contribution is -2.34. The second-order valence-electron chi connectivity index (χ2n) is 9.58. The fraction of sp³-hybridized carbons (Fsp3) is 0.286. The van der Waals surface area contributed by atoms with Crippen LogP contribution >= 0.6 is 46.4 Å². The zero-order valence-electron chi connectivity index (χ0n) is 20.4. The van der Waals surface area contributed by atoms with Crippen molar-refractivity contribution in [3.05, 3.63) is 98.0 Å². The summed E-state index contributed by atoms with van der Waals surface area (Å²) in [5.74, 6) is 0.973. The van der Waals surface area contributed by atoms with Crippen molar-refractivity contribution in [1.29, 1.82) is 0 Å². The summed E-state index contributed by atoms with van der Waals surface area (Å²) in [7, 11) is 0. The lowest BCUT2D eigenvalue weighted by molar-refractivity contribution is 0.231. The van der Waals surface area contributed by atoms with Crippen LogP contribution in [0.3, 0.4) is 0 Å². The molecule has 1 aliphatic heterocycles. The molecule has 1 heterocycles. The predicted molar refractivity (Wildman–Crippen MR) is 149 cm³/mol. The molecule has 0 bridgehead atoms. The molecule has 2 unspecified atom stereocenters. The van der Waals surface area contributed by atoms with E-state index in [1.807, 2.05) is 43.3 Å². The minimum absolute atomic E-state index is 0.210. The van der Waals surface area contributed by atoms with Gasteiger partial charge in [0, 0.05) is 15.1 Å². The fourth-order valence-corrected chi connectivity index (χ4v) is 5.30. The van der Waals surface area contributed by atoms with Gasteiger partial charge in [0.05, 0.1) is 18.2 Å². The molecule has 1 aliphatic rings. The van der Waals surface area contributed by atoms with Crippen molar-refractivity contribution in [3.63, 3.8) is 0 Å². The largest absolute Gasteiger partial charge is 0.493 e. The minimum atomic E-state index is -0.663. The summed E-state index contributed by atoms with van der Waals surface area (Å²) in [5, 5.41) is 1.09. The maximum Gasteiger partial charge on any atom is 0.322 e. The molecule has 3 aromatic carbocycles. The van der Waals surface area contributed by atoms with Gasteiger partial charge in [-0.1, -0.05) is 79.8 Å². The zero-order valence-corrected chi connectivity index (χ0v) is 23.4. The lowest BCUT2D eigenvalue weighted by atomic mass is 9.86. The summed E-state index contributed by atoms with van der Waals surface area (Å²) < 4.78 is 6.03. The topological polar surface area (TPSA) is 41.9 Å². The molecule has 0 aliphatic carbocycles. The predicted octanol–water partition coefficient (Wildman–Crippen LogP) is 9.25. The molecule has 8 heteroatoms. The molecule has 0 aromatic heterocycles. The second-order valence-corrected chi connectivity index (χ2v) is 11.2. The Morgan fingerprint density at radius 2 is 1.50 bits per heavy atom. The van der Waals surface area contributed by atoms with Crippen LogP contribution in [-0.4, -0.2) is 22.7 Å². The number of halogens is 4. The van der Waals surface area contributed by atoms with Gasteiger partial charge < -0.3 is 4.74 Å². The van der Waals surface area contributed by atoms with E-state index in [1.54, 1.807) is 24.3 Å². The first-order chi connectivity index (χ1) is 17.0. The summed E-state index contributed by atoms with van der Waals surface area (Å²) in [4.78, 5) is 19.5. The van der Waals surface area contributed by atoms with Crippen LogP contribution in [0, 0.1) is 0 Å². The molecular weight excluding hydrogens is 538 g/mol. The quantitative estimate of drug-likeness (QED) is 0.229. The average Bonchev–Trinajstić information content (AvgIpc) is 3.21. The van der Waals surface area contributed by atoms with Crippen molar-refractivity contribution in [2.24, 2.45) is 4.99 Å². The third kappa shape index (κ3) is 5.38. The van der Waals surface area contributed by atoms with E-state index in [2.05, 4.69) is 20.8 Å². The first-order valence-corrected chi connectivity index (χ1v) is 13.1. The Morgan fingerprint density at radius 1 is 0.944 bits per heavy atom. The molecule has 0 saturated heterocycles. The number of carbonyl (C=O) groups is 1. The number of ether oxygens (including phenoxy) is 1. The summed E-state index contributed by atoms with van der Waals surface area (Å²) >= 11 is 25.3. The molecule has 2 atom stereocenters. The highest BCUT2D eigenvalue weighted by Gasteiger charge is 2.43. The van der Waals surface area contributed by atoms with Crippen molar-refractivity contribution in [2.75, 3.05) is 6.61 Å². The Hall–Kier alpha value is -2.24. The molecule has 0 spiro atoms. The van der Waals surface area contributed by atoms with E-state index in [0.29, 0.717) is 38.8 Å². The number of benzene rings is 3. The SMILES string of the molecule is CCOc1cc(C(C)(C)C)c(Cl)cc1C1=NC(c2ccc(Cl)cc2)C(c2ccc(Cl)cc2)N1C(=O)Cl. The van der Waals surface area contributed by atoms with E-state index in [9.17, 15) is 4.79 Å². The molecule has 1 amide bonds. The van der Waals surface area contributed by atoms with Gasteiger partial charge in [0.1, 0.15) is 17.6 Å².